The Morgan fingerprint density at radius 2 is 1.68 bits per heavy atom. The Labute approximate surface area is 233 Å². The van der Waals surface area contributed by atoms with Crippen LogP contribution in [0.3, 0.4) is 0 Å². The number of carbonyl (C=O) groups excluding carboxylic acids is 2. The Morgan fingerprint density at radius 1 is 1.05 bits per heavy atom. The van der Waals surface area contributed by atoms with Gasteiger partial charge < -0.3 is 15.0 Å². The maximum atomic E-state index is 13.8. The summed E-state index contributed by atoms with van der Waals surface area (Å²) in [7, 11) is -2.57. The van der Waals surface area contributed by atoms with E-state index in [-0.39, 0.29) is 34.8 Å². The Hall–Kier alpha value is -2.20. The second-order valence-electron chi connectivity index (χ2n) is 8.91. The zero-order valence-corrected chi connectivity index (χ0v) is 24.5. The van der Waals surface area contributed by atoms with E-state index < -0.39 is 28.5 Å². The highest BCUT2D eigenvalue weighted by molar-refractivity contribution is 7.92. The van der Waals surface area contributed by atoms with Gasteiger partial charge in [-0.2, -0.15) is 0 Å². The number of hydrogen-bond donors (Lipinski definition) is 1. The van der Waals surface area contributed by atoms with Crippen molar-refractivity contribution in [1.29, 1.82) is 0 Å². The van der Waals surface area contributed by atoms with E-state index in [0.29, 0.717) is 28.6 Å². The van der Waals surface area contributed by atoms with Crippen molar-refractivity contribution in [3.05, 3.63) is 57.0 Å². The predicted molar refractivity (Wildman–Crippen MR) is 149 cm³/mol. The van der Waals surface area contributed by atoms with Gasteiger partial charge in [0.15, 0.2) is 0 Å². The van der Waals surface area contributed by atoms with E-state index in [1.807, 2.05) is 13.8 Å². The highest BCUT2D eigenvalue weighted by Crippen LogP contribution is 2.33. The van der Waals surface area contributed by atoms with Crippen LogP contribution >= 0.6 is 34.8 Å². The van der Waals surface area contributed by atoms with Crippen LogP contribution in [0, 0.1) is 5.92 Å². The van der Waals surface area contributed by atoms with Crippen molar-refractivity contribution < 1.29 is 22.7 Å². The van der Waals surface area contributed by atoms with Gasteiger partial charge in [-0.05, 0) is 48.2 Å². The number of rotatable bonds is 12. The van der Waals surface area contributed by atoms with E-state index in [1.54, 1.807) is 31.2 Å². The first-order valence-corrected chi connectivity index (χ1v) is 14.6. The van der Waals surface area contributed by atoms with Gasteiger partial charge in [-0.3, -0.25) is 13.9 Å². The average Bonchev–Trinajstić information content (AvgIpc) is 2.81. The van der Waals surface area contributed by atoms with Gasteiger partial charge in [0.2, 0.25) is 21.8 Å². The molecule has 0 aromatic heterocycles. The maximum absolute atomic E-state index is 13.8. The Kier molecular flexibility index (Phi) is 11.4. The zero-order valence-electron chi connectivity index (χ0n) is 21.4. The minimum atomic E-state index is -3.95. The summed E-state index contributed by atoms with van der Waals surface area (Å²) in [6.45, 7) is 5.49. The van der Waals surface area contributed by atoms with Gasteiger partial charge in [0.25, 0.3) is 0 Å². The van der Waals surface area contributed by atoms with Gasteiger partial charge in [-0.15, -0.1) is 0 Å². The molecule has 0 aliphatic rings. The third-order valence-electron chi connectivity index (χ3n) is 5.52. The molecule has 37 heavy (non-hydrogen) atoms. The lowest BCUT2D eigenvalue weighted by Gasteiger charge is -2.33. The zero-order chi connectivity index (χ0) is 27.9. The first-order chi connectivity index (χ1) is 17.3. The molecule has 0 fully saturated rings. The number of amides is 2. The Bertz CT molecular complexity index is 1220. The molecule has 1 unspecified atom stereocenters. The van der Waals surface area contributed by atoms with Crippen LogP contribution in [-0.4, -0.2) is 57.6 Å². The van der Waals surface area contributed by atoms with Crippen molar-refractivity contribution in [3.63, 3.8) is 0 Å². The highest BCUT2D eigenvalue weighted by atomic mass is 35.5. The third kappa shape index (κ3) is 8.67. The van der Waals surface area contributed by atoms with E-state index >= 15 is 0 Å². The number of methoxy groups -OCH3 is 1. The number of nitrogens with zero attached hydrogens (tertiary/aromatic N) is 2. The van der Waals surface area contributed by atoms with E-state index in [0.717, 1.165) is 10.6 Å². The second kappa shape index (κ2) is 13.6. The van der Waals surface area contributed by atoms with Crippen LogP contribution in [0.15, 0.2) is 36.4 Å². The van der Waals surface area contributed by atoms with Crippen LogP contribution in [0.4, 0.5) is 5.69 Å². The summed E-state index contributed by atoms with van der Waals surface area (Å²) in [5.74, 6) is -0.533. The maximum Gasteiger partial charge on any atom is 0.244 e. The van der Waals surface area contributed by atoms with E-state index in [9.17, 15) is 18.0 Å². The molecule has 0 aliphatic heterocycles. The fraction of sp³-hybridized carbons (Fsp3) is 0.440. The van der Waals surface area contributed by atoms with E-state index in [2.05, 4.69) is 5.32 Å². The topological polar surface area (TPSA) is 96.0 Å². The molecular formula is C25H32Cl3N3O5S. The molecule has 2 aromatic rings. The molecule has 1 N–H and O–H groups in total. The number of carbonyl (C=O) groups is 2. The summed E-state index contributed by atoms with van der Waals surface area (Å²) in [5.41, 5.74) is 0.661. The third-order valence-corrected chi connectivity index (χ3v) is 7.46. The minimum absolute atomic E-state index is 0.0350. The quantitative estimate of drug-likeness (QED) is 0.374. The molecule has 0 bridgehead atoms. The first kappa shape index (κ1) is 31.0. The monoisotopic (exact) mass is 591 g/mol. The van der Waals surface area contributed by atoms with Crippen LogP contribution in [0.2, 0.25) is 15.1 Å². The molecule has 0 saturated carbocycles. The molecule has 8 nitrogen and oxygen atoms in total. The van der Waals surface area contributed by atoms with E-state index in [1.165, 1.54) is 24.1 Å². The first-order valence-electron chi connectivity index (χ1n) is 11.6. The number of sulfonamides is 1. The Balaban J connectivity index is 2.53. The van der Waals surface area contributed by atoms with Gasteiger partial charge in [-0.25, -0.2) is 8.42 Å². The molecule has 0 saturated heterocycles. The summed E-state index contributed by atoms with van der Waals surface area (Å²) in [5, 5.41) is 3.87. The molecule has 2 aromatic carbocycles. The highest BCUT2D eigenvalue weighted by Gasteiger charge is 2.33. The van der Waals surface area contributed by atoms with Crippen molar-refractivity contribution in [1.82, 2.24) is 10.2 Å². The lowest BCUT2D eigenvalue weighted by atomic mass is 10.1. The SMILES string of the molecule is CCC(C(=O)NCC(C)C)N(Cc1ccc(Cl)cc1Cl)C(=O)CN(c1cc(Cl)ccc1OC)S(C)(=O)=O. The van der Waals surface area contributed by atoms with Crippen molar-refractivity contribution in [2.75, 3.05) is 30.8 Å². The van der Waals surface area contributed by atoms with Gasteiger partial charge in [0, 0.05) is 28.2 Å². The number of halogens is 3. The van der Waals surface area contributed by atoms with Crippen molar-refractivity contribution >= 4 is 62.3 Å². The van der Waals surface area contributed by atoms with Gasteiger partial charge in [0.05, 0.1) is 19.1 Å². The predicted octanol–water partition coefficient (Wildman–Crippen LogP) is 5.00. The number of nitrogens with one attached hydrogen (secondary N) is 1. The molecule has 2 amide bonds. The number of ether oxygens (including phenoxy) is 1. The lowest BCUT2D eigenvalue weighted by Crippen LogP contribution is -2.52. The van der Waals surface area contributed by atoms with Crippen LogP contribution in [0.5, 0.6) is 5.75 Å². The molecule has 12 heteroatoms. The molecule has 2 rings (SSSR count). The molecule has 1 atom stereocenters. The summed E-state index contributed by atoms with van der Waals surface area (Å²) in [4.78, 5) is 28.2. The molecule has 204 valence electrons. The number of benzene rings is 2. The second-order valence-corrected chi connectivity index (χ2v) is 12.1. The van der Waals surface area contributed by atoms with Gasteiger partial charge in [0.1, 0.15) is 18.3 Å². The fourth-order valence-corrected chi connectivity index (χ4v) is 5.11. The standard InChI is InChI=1S/C25H32Cl3N3O5S/c1-6-21(25(33)29-13-16(2)3)30(14-17-7-8-18(26)11-20(17)28)24(32)15-31(37(5,34)35)22-12-19(27)9-10-23(22)36-4/h7-12,16,21H,6,13-15H2,1-5H3,(H,29,33). The average molecular weight is 593 g/mol. The molecular weight excluding hydrogens is 561 g/mol. The van der Waals surface area contributed by atoms with Crippen molar-refractivity contribution in [2.45, 2.75) is 39.8 Å². The van der Waals surface area contributed by atoms with Crippen LogP contribution in [0.25, 0.3) is 0 Å². The molecule has 0 spiro atoms. The fourth-order valence-electron chi connectivity index (χ4n) is 3.63. The van der Waals surface area contributed by atoms with Crippen LogP contribution in [0.1, 0.15) is 32.8 Å². The van der Waals surface area contributed by atoms with Gasteiger partial charge >= 0.3 is 0 Å². The molecule has 0 aliphatic carbocycles. The lowest BCUT2D eigenvalue weighted by molar-refractivity contribution is -0.140. The number of hydrogen-bond acceptors (Lipinski definition) is 5. The summed E-state index contributed by atoms with van der Waals surface area (Å²) in [6, 6.07) is 8.43. The largest absolute Gasteiger partial charge is 0.495 e. The summed E-state index contributed by atoms with van der Waals surface area (Å²) in [6.07, 6.45) is 1.27. The smallest absolute Gasteiger partial charge is 0.244 e. The van der Waals surface area contributed by atoms with Crippen molar-refractivity contribution in [2.24, 2.45) is 5.92 Å². The molecule has 0 heterocycles. The summed E-state index contributed by atoms with van der Waals surface area (Å²) >= 11 is 18.5. The van der Waals surface area contributed by atoms with Gasteiger partial charge in [-0.1, -0.05) is 61.6 Å². The van der Waals surface area contributed by atoms with E-state index in [4.69, 9.17) is 39.5 Å². The summed E-state index contributed by atoms with van der Waals surface area (Å²) < 4.78 is 31.9. The Morgan fingerprint density at radius 3 is 2.22 bits per heavy atom. The van der Waals surface area contributed by atoms with Crippen LogP contribution < -0.4 is 14.4 Å². The number of anilines is 1. The normalized spacial score (nSPS) is 12.2. The van der Waals surface area contributed by atoms with Crippen LogP contribution in [-0.2, 0) is 26.2 Å². The van der Waals surface area contributed by atoms with Crippen molar-refractivity contribution in [3.8, 4) is 5.75 Å². The molecule has 0 radical (unpaired) electrons. The minimum Gasteiger partial charge on any atom is -0.495 e.